The van der Waals surface area contributed by atoms with Gasteiger partial charge in [0.15, 0.2) is 0 Å². The Hall–Kier alpha value is -2.34. The van der Waals surface area contributed by atoms with Crippen molar-refractivity contribution < 1.29 is 14.6 Å². The quantitative estimate of drug-likeness (QED) is 0.782. The van der Waals surface area contributed by atoms with Gasteiger partial charge in [-0.3, -0.25) is 4.79 Å². The van der Waals surface area contributed by atoms with Crippen molar-refractivity contribution in [2.45, 2.75) is 26.8 Å². The predicted molar refractivity (Wildman–Crippen MR) is 87.4 cm³/mol. The summed E-state index contributed by atoms with van der Waals surface area (Å²) < 4.78 is 5.52. The third-order valence-electron chi connectivity index (χ3n) is 3.51. The number of carbonyl (C=O) groups excluding carboxylic acids is 1. The van der Waals surface area contributed by atoms with Gasteiger partial charge in [-0.25, -0.2) is 4.98 Å². The highest BCUT2D eigenvalue weighted by Crippen LogP contribution is 2.15. The van der Waals surface area contributed by atoms with Crippen LogP contribution < -0.4 is 4.74 Å². The molecule has 0 unspecified atom stereocenters. The largest absolute Gasteiger partial charge is 0.494 e. The molecule has 0 aliphatic heterocycles. The van der Waals surface area contributed by atoms with E-state index >= 15 is 0 Å². The Bertz CT molecular complexity index is 622. The maximum Gasteiger partial charge on any atom is 0.254 e. The van der Waals surface area contributed by atoms with Crippen LogP contribution in [-0.2, 0) is 6.54 Å². The molecular formula is C17H23N3O3. The van der Waals surface area contributed by atoms with Crippen molar-refractivity contribution in [3.05, 3.63) is 47.5 Å². The number of aliphatic hydroxyl groups excluding tert-OH is 1. The van der Waals surface area contributed by atoms with Crippen LogP contribution in [0.2, 0.25) is 0 Å². The highest BCUT2D eigenvalue weighted by atomic mass is 16.5. The number of imidazole rings is 1. The van der Waals surface area contributed by atoms with Gasteiger partial charge in [0.25, 0.3) is 5.91 Å². The molecule has 2 N–H and O–H groups in total. The molecule has 1 aromatic carbocycles. The minimum atomic E-state index is -0.136. The zero-order valence-corrected chi connectivity index (χ0v) is 13.6. The van der Waals surface area contributed by atoms with Gasteiger partial charge in [0, 0.05) is 17.8 Å². The Morgan fingerprint density at radius 2 is 2.09 bits per heavy atom. The van der Waals surface area contributed by atoms with Gasteiger partial charge >= 0.3 is 0 Å². The standard InChI is InChI=1S/C17H23N3O3/c1-3-10-23-15-6-4-14(5-7-15)17(22)20(8-9-21)11-16-13(2)18-12-19-16/h4-7,12,21H,3,8-11H2,1-2H3,(H,18,19). The van der Waals surface area contributed by atoms with Gasteiger partial charge in [0.05, 0.1) is 31.8 Å². The summed E-state index contributed by atoms with van der Waals surface area (Å²) in [7, 11) is 0. The maximum atomic E-state index is 12.6. The monoisotopic (exact) mass is 317 g/mol. The van der Waals surface area contributed by atoms with E-state index in [1.54, 1.807) is 35.5 Å². The number of aliphatic hydroxyl groups is 1. The predicted octanol–water partition coefficient (Wildman–Crippen LogP) is 2.14. The molecule has 0 saturated carbocycles. The van der Waals surface area contributed by atoms with Gasteiger partial charge in [0.2, 0.25) is 0 Å². The van der Waals surface area contributed by atoms with Crippen molar-refractivity contribution in [2.24, 2.45) is 0 Å². The summed E-state index contributed by atoms with van der Waals surface area (Å²) >= 11 is 0. The van der Waals surface area contributed by atoms with Crippen LogP contribution in [0.5, 0.6) is 5.75 Å². The molecule has 6 nitrogen and oxygen atoms in total. The minimum absolute atomic E-state index is 0.0904. The fourth-order valence-corrected chi connectivity index (χ4v) is 2.20. The van der Waals surface area contributed by atoms with Crippen molar-refractivity contribution in [1.82, 2.24) is 14.9 Å². The topological polar surface area (TPSA) is 78.4 Å². The fraction of sp³-hybridized carbons (Fsp3) is 0.412. The number of aromatic amines is 1. The van der Waals surface area contributed by atoms with Gasteiger partial charge in [-0.15, -0.1) is 0 Å². The van der Waals surface area contributed by atoms with Crippen molar-refractivity contribution in [3.8, 4) is 5.75 Å². The van der Waals surface area contributed by atoms with Gasteiger partial charge < -0.3 is 19.7 Å². The Morgan fingerprint density at radius 1 is 1.35 bits per heavy atom. The maximum absolute atomic E-state index is 12.6. The Kier molecular flexibility index (Phi) is 6.17. The molecule has 1 amide bonds. The van der Waals surface area contributed by atoms with E-state index in [0.29, 0.717) is 18.7 Å². The summed E-state index contributed by atoms with van der Waals surface area (Å²) in [5, 5.41) is 9.23. The van der Waals surface area contributed by atoms with E-state index in [9.17, 15) is 9.90 Å². The normalized spacial score (nSPS) is 10.6. The van der Waals surface area contributed by atoms with Gasteiger partial charge in [0.1, 0.15) is 5.75 Å². The van der Waals surface area contributed by atoms with E-state index in [-0.39, 0.29) is 19.1 Å². The molecular weight excluding hydrogens is 294 g/mol. The Morgan fingerprint density at radius 3 is 2.65 bits per heavy atom. The number of hydrogen-bond donors (Lipinski definition) is 2. The number of ether oxygens (including phenoxy) is 1. The van der Waals surface area contributed by atoms with Crippen LogP contribution in [0.15, 0.2) is 30.6 Å². The number of rotatable bonds is 8. The lowest BCUT2D eigenvalue weighted by molar-refractivity contribution is 0.0705. The highest BCUT2D eigenvalue weighted by molar-refractivity contribution is 5.94. The molecule has 0 bridgehead atoms. The number of benzene rings is 1. The zero-order valence-electron chi connectivity index (χ0n) is 13.6. The third kappa shape index (κ3) is 4.56. The summed E-state index contributed by atoms with van der Waals surface area (Å²) in [5.74, 6) is 0.615. The first-order valence-electron chi connectivity index (χ1n) is 7.77. The molecule has 6 heteroatoms. The third-order valence-corrected chi connectivity index (χ3v) is 3.51. The number of hydrogen-bond acceptors (Lipinski definition) is 4. The SMILES string of the molecule is CCCOc1ccc(C(=O)N(CCO)Cc2nc[nH]c2C)cc1. The van der Waals surface area contributed by atoms with E-state index in [1.807, 2.05) is 13.8 Å². The van der Waals surface area contributed by atoms with Crippen molar-refractivity contribution in [3.63, 3.8) is 0 Å². The van der Waals surface area contributed by atoms with Crippen LogP contribution in [0.3, 0.4) is 0 Å². The first-order chi connectivity index (χ1) is 11.2. The first kappa shape index (κ1) is 17.0. The van der Waals surface area contributed by atoms with Crippen LogP contribution in [0, 0.1) is 6.92 Å². The Balaban J connectivity index is 2.09. The van der Waals surface area contributed by atoms with Gasteiger partial charge in [-0.1, -0.05) is 6.92 Å². The molecule has 0 aliphatic carbocycles. The molecule has 2 aromatic rings. The van der Waals surface area contributed by atoms with E-state index < -0.39 is 0 Å². The van der Waals surface area contributed by atoms with Crippen molar-refractivity contribution >= 4 is 5.91 Å². The van der Waals surface area contributed by atoms with Crippen LogP contribution in [0.1, 0.15) is 35.1 Å². The molecule has 2 rings (SSSR count). The van der Waals surface area contributed by atoms with E-state index in [2.05, 4.69) is 9.97 Å². The minimum Gasteiger partial charge on any atom is -0.494 e. The second kappa shape index (κ2) is 8.33. The van der Waals surface area contributed by atoms with Crippen LogP contribution in [0.25, 0.3) is 0 Å². The molecule has 0 saturated heterocycles. The lowest BCUT2D eigenvalue weighted by atomic mass is 10.2. The van der Waals surface area contributed by atoms with E-state index in [0.717, 1.165) is 23.6 Å². The molecule has 23 heavy (non-hydrogen) atoms. The molecule has 0 atom stereocenters. The molecule has 124 valence electrons. The summed E-state index contributed by atoms with van der Waals surface area (Å²) in [4.78, 5) is 21.4. The number of nitrogens with zero attached hydrogens (tertiary/aromatic N) is 2. The molecule has 0 aliphatic rings. The van der Waals surface area contributed by atoms with Gasteiger partial charge in [-0.05, 0) is 37.6 Å². The number of nitrogens with one attached hydrogen (secondary N) is 1. The first-order valence-corrected chi connectivity index (χ1v) is 7.77. The van der Waals surface area contributed by atoms with Crippen LogP contribution in [0.4, 0.5) is 0 Å². The van der Waals surface area contributed by atoms with Crippen LogP contribution >= 0.6 is 0 Å². The molecule has 1 heterocycles. The molecule has 0 fully saturated rings. The number of aryl methyl sites for hydroxylation is 1. The summed E-state index contributed by atoms with van der Waals surface area (Å²) in [5.41, 5.74) is 2.29. The van der Waals surface area contributed by atoms with Crippen molar-refractivity contribution in [2.75, 3.05) is 19.8 Å². The lowest BCUT2D eigenvalue weighted by Gasteiger charge is -2.21. The number of H-pyrrole nitrogens is 1. The fourth-order valence-electron chi connectivity index (χ4n) is 2.20. The summed E-state index contributed by atoms with van der Waals surface area (Å²) in [6, 6.07) is 7.07. The lowest BCUT2D eigenvalue weighted by Crippen LogP contribution is -2.33. The summed E-state index contributed by atoms with van der Waals surface area (Å²) in [6.07, 6.45) is 2.54. The van der Waals surface area contributed by atoms with E-state index in [4.69, 9.17) is 4.74 Å². The van der Waals surface area contributed by atoms with Gasteiger partial charge in [-0.2, -0.15) is 0 Å². The second-order valence-corrected chi connectivity index (χ2v) is 5.30. The average Bonchev–Trinajstić information content (AvgIpc) is 2.97. The molecule has 1 aromatic heterocycles. The number of aromatic nitrogens is 2. The highest BCUT2D eigenvalue weighted by Gasteiger charge is 2.17. The van der Waals surface area contributed by atoms with E-state index in [1.165, 1.54) is 0 Å². The Labute approximate surface area is 136 Å². The number of carbonyl (C=O) groups is 1. The zero-order chi connectivity index (χ0) is 16.7. The van der Waals surface area contributed by atoms with Crippen molar-refractivity contribution in [1.29, 1.82) is 0 Å². The summed E-state index contributed by atoms with van der Waals surface area (Å²) in [6.45, 7) is 5.14. The molecule has 0 spiro atoms. The second-order valence-electron chi connectivity index (χ2n) is 5.30. The number of amides is 1. The smallest absolute Gasteiger partial charge is 0.254 e. The van der Waals surface area contributed by atoms with Crippen LogP contribution in [-0.4, -0.2) is 45.6 Å². The molecule has 0 radical (unpaired) electrons. The average molecular weight is 317 g/mol.